The molecule has 0 saturated carbocycles. The van der Waals surface area contributed by atoms with E-state index >= 15 is 0 Å². The molecule has 0 spiro atoms. The first-order chi connectivity index (χ1) is 24.8. The third-order valence-electron chi connectivity index (χ3n) is 8.91. The van der Waals surface area contributed by atoms with E-state index in [0.29, 0.717) is 0 Å². The SMILES string of the molecule is c1ccc2c(c1)[Te]c1ccccc1N2c1ccc(-c2c3c(c(-c4ccc(N5c6ccccc6[Te]c6ccccc65)s4)c4nsnc24)N=S=N3)s1. The average molecular weight is 944 g/mol. The molecule has 0 radical (unpaired) electrons. The van der Waals surface area contributed by atoms with Gasteiger partial charge in [0.2, 0.25) is 0 Å². The molecule has 0 atom stereocenters. The Hall–Kier alpha value is -3.68. The van der Waals surface area contributed by atoms with Crippen LogP contribution in [0.2, 0.25) is 0 Å². The monoisotopic (exact) mass is 948 g/mol. The molecule has 3 aromatic heterocycles. The molecule has 3 aliphatic rings. The number of hydrogen-bond donors (Lipinski definition) is 0. The van der Waals surface area contributed by atoms with E-state index in [1.807, 2.05) is 0 Å². The van der Waals surface area contributed by atoms with Gasteiger partial charge < -0.3 is 0 Å². The summed E-state index contributed by atoms with van der Waals surface area (Å²) >= 11 is 5.17. The Bertz CT molecular complexity index is 2490. The zero-order chi connectivity index (χ0) is 32.8. The number of rotatable bonds is 4. The number of nitrogens with zero attached hydrogens (tertiary/aromatic N) is 6. The summed E-state index contributed by atoms with van der Waals surface area (Å²) in [4.78, 5) is 7.11. The van der Waals surface area contributed by atoms with Crippen molar-refractivity contribution in [1.82, 2.24) is 8.75 Å². The Labute approximate surface area is 323 Å². The van der Waals surface area contributed by atoms with E-state index in [1.54, 1.807) is 22.7 Å². The van der Waals surface area contributed by atoms with Crippen molar-refractivity contribution in [2.45, 2.75) is 0 Å². The molecule has 6 heterocycles. The molecule has 0 aliphatic carbocycles. The van der Waals surface area contributed by atoms with Crippen molar-refractivity contribution in [1.29, 1.82) is 0 Å². The number of hydrogen-bond acceptors (Lipinski definition) is 9. The Morgan fingerprint density at radius 1 is 0.440 bits per heavy atom. The molecule has 0 unspecified atom stereocenters. The molecule has 0 amide bonds. The molecular weight excluding hydrogens is 924 g/mol. The summed E-state index contributed by atoms with van der Waals surface area (Å²) in [5.41, 5.74) is 10.7. The Balaban J connectivity index is 1.04. The molecule has 0 bridgehead atoms. The Kier molecular flexibility index (Phi) is 7.17. The number of fused-ring (bicyclic) bond motifs is 6. The van der Waals surface area contributed by atoms with Gasteiger partial charge in [-0.2, -0.15) is 0 Å². The third-order valence-corrected chi connectivity index (χ3v) is 18.6. The van der Waals surface area contributed by atoms with E-state index in [9.17, 15) is 0 Å². The van der Waals surface area contributed by atoms with Crippen LogP contribution in [0, 0.1) is 0 Å². The molecular formula is C38H20N6S4Te2. The van der Waals surface area contributed by atoms with Gasteiger partial charge in [0.1, 0.15) is 0 Å². The molecule has 12 heteroatoms. The van der Waals surface area contributed by atoms with Crippen molar-refractivity contribution in [3.05, 3.63) is 121 Å². The first-order valence-electron chi connectivity index (χ1n) is 15.7. The summed E-state index contributed by atoms with van der Waals surface area (Å²) in [5, 5.41) is 2.35. The number of aromatic nitrogens is 2. The van der Waals surface area contributed by atoms with E-state index in [4.69, 9.17) is 17.5 Å². The van der Waals surface area contributed by atoms with Crippen LogP contribution in [0.15, 0.2) is 130 Å². The van der Waals surface area contributed by atoms with Gasteiger partial charge in [0.05, 0.1) is 0 Å². The second-order valence-corrected chi connectivity index (χ2v) is 21.1. The average Bonchev–Trinajstić information content (AvgIpc) is 4.00. The van der Waals surface area contributed by atoms with Crippen molar-refractivity contribution in [3.8, 4) is 20.9 Å². The summed E-state index contributed by atoms with van der Waals surface area (Å²) in [6.07, 6.45) is 0. The van der Waals surface area contributed by atoms with Gasteiger partial charge in [0.15, 0.2) is 0 Å². The van der Waals surface area contributed by atoms with Gasteiger partial charge in [0, 0.05) is 0 Å². The molecule has 8 aromatic rings. The van der Waals surface area contributed by atoms with Crippen LogP contribution in [0.4, 0.5) is 44.1 Å². The van der Waals surface area contributed by atoms with E-state index in [-0.39, 0.29) is 0 Å². The fourth-order valence-electron chi connectivity index (χ4n) is 6.77. The van der Waals surface area contributed by atoms with Crippen molar-refractivity contribution in [3.63, 3.8) is 0 Å². The third kappa shape index (κ3) is 4.61. The Morgan fingerprint density at radius 3 is 1.22 bits per heavy atom. The van der Waals surface area contributed by atoms with Gasteiger partial charge in [-0.3, -0.25) is 0 Å². The van der Waals surface area contributed by atoms with Crippen LogP contribution in [-0.4, -0.2) is 50.6 Å². The van der Waals surface area contributed by atoms with Crippen LogP contribution in [0.1, 0.15) is 0 Å². The zero-order valence-corrected chi connectivity index (χ0v) is 33.6. The normalized spacial score (nSPS) is 13.8. The molecule has 5 aromatic carbocycles. The number of benzene rings is 5. The molecule has 50 heavy (non-hydrogen) atoms. The van der Waals surface area contributed by atoms with Crippen LogP contribution < -0.4 is 24.2 Å². The van der Waals surface area contributed by atoms with Gasteiger partial charge in [-0.05, 0) is 0 Å². The van der Waals surface area contributed by atoms with E-state index < -0.39 is 41.8 Å². The van der Waals surface area contributed by atoms with Gasteiger partial charge in [0.25, 0.3) is 0 Å². The number of thiophene rings is 2. The molecule has 0 saturated heterocycles. The molecule has 0 N–H and O–H groups in total. The fraction of sp³-hybridized carbons (Fsp3) is 0. The van der Waals surface area contributed by atoms with Crippen LogP contribution >= 0.6 is 34.4 Å². The van der Waals surface area contributed by atoms with E-state index in [0.717, 1.165) is 43.3 Å². The first kappa shape index (κ1) is 30.0. The predicted octanol–water partition coefficient (Wildman–Crippen LogP) is 8.75. The van der Waals surface area contributed by atoms with Crippen LogP contribution in [0.25, 0.3) is 31.9 Å². The van der Waals surface area contributed by atoms with Crippen molar-refractivity contribution in [2.75, 3.05) is 9.80 Å². The van der Waals surface area contributed by atoms with Crippen molar-refractivity contribution < 1.29 is 0 Å². The van der Waals surface area contributed by atoms with Gasteiger partial charge >= 0.3 is 327 Å². The summed E-state index contributed by atoms with van der Waals surface area (Å²) < 4.78 is 25.5. The Morgan fingerprint density at radius 2 is 0.820 bits per heavy atom. The maximum absolute atomic E-state index is 4.92. The minimum absolute atomic E-state index is 0.457. The van der Waals surface area contributed by atoms with Crippen LogP contribution in [0.3, 0.4) is 0 Å². The summed E-state index contributed by atoms with van der Waals surface area (Å²) in [7, 11) is 0. The fourth-order valence-corrected chi connectivity index (χ4v) is 16.1. The predicted molar refractivity (Wildman–Crippen MR) is 215 cm³/mol. The van der Waals surface area contributed by atoms with Gasteiger partial charge in [-0.15, -0.1) is 0 Å². The van der Waals surface area contributed by atoms with Crippen molar-refractivity contribution in [2.24, 2.45) is 8.73 Å². The minimum atomic E-state index is -0.457. The first-order valence-corrected chi connectivity index (χ1v) is 23.5. The van der Waals surface area contributed by atoms with E-state index in [1.165, 1.54) is 70.3 Å². The molecule has 6 nitrogen and oxygen atoms in total. The molecule has 11 rings (SSSR count). The van der Waals surface area contributed by atoms with Gasteiger partial charge in [-0.25, -0.2) is 0 Å². The topological polar surface area (TPSA) is 57.0 Å². The maximum atomic E-state index is 4.92. The van der Waals surface area contributed by atoms with Gasteiger partial charge in [-0.1, -0.05) is 0 Å². The van der Waals surface area contributed by atoms with Crippen molar-refractivity contribution >= 4 is 157 Å². The van der Waals surface area contributed by atoms with E-state index in [2.05, 4.69) is 131 Å². The standard InChI is InChI=1S/C38H20N6S4Te2/c1-5-13-27-21(9-1)43(22-10-2-6-14-28(22)49-27)31-19-17-25(45-31)33-35-37(41-47-39-35)34(38-36(33)40-48-42-38)26-18-20-32(46-26)44-23-11-3-7-15-29(23)50-30-16-8-4-12-24(30)44/h1-20H. The summed E-state index contributed by atoms with van der Waals surface area (Å²) in [6, 6.07) is 44.4. The molecule has 3 aliphatic heterocycles. The van der Waals surface area contributed by atoms with Crippen LogP contribution in [-0.2, 0) is 11.4 Å². The second kappa shape index (κ2) is 11.9. The summed E-state index contributed by atoms with van der Waals surface area (Å²) in [5.74, 6) is 0. The number of para-hydroxylation sites is 4. The number of anilines is 6. The second-order valence-electron chi connectivity index (χ2n) is 11.7. The molecule has 0 fully saturated rings. The zero-order valence-electron chi connectivity index (χ0n) is 25.7. The quantitative estimate of drug-likeness (QED) is 0.166. The summed E-state index contributed by atoms with van der Waals surface area (Å²) in [6.45, 7) is 0. The molecule has 238 valence electrons. The van der Waals surface area contributed by atoms with Crippen LogP contribution in [0.5, 0.6) is 0 Å².